The third-order valence-electron chi connectivity index (χ3n) is 3.81. The average molecular weight is 249 g/mol. The van der Waals surface area contributed by atoms with Gasteiger partial charge in [-0.2, -0.15) is 0 Å². The molecule has 0 aliphatic carbocycles. The zero-order valence-electron chi connectivity index (χ0n) is 11.3. The van der Waals surface area contributed by atoms with Crippen LogP contribution < -0.4 is 4.90 Å². The molecule has 0 bridgehead atoms. The van der Waals surface area contributed by atoms with Gasteiger partial charge in [-0.15, -0.1) is 0 Å². The minimum Gasteiger partial charge on any atom is -0.368 e. The number of ketones is 1. The standard InChI is InChI=1S/C15H20FNO/c1-4-12-6-5-7-17(12)15-8-10(2)14(16)9-13(15)11(3)18/h8-9,12H,4-7H2,1-3H3. The summed E-state index contributed by atoms with van der Waals surface area (Å²) in [6.45, 7) is 6.38. The monoisotopic (exact) mass is 249 g/mol. The van der Waals surface area contributed by atoms with Crippen molar-refractivity contribution in [1.82, 2.24) is 0 Å². The van der Waals surface area contributed by atoms with Gasteiger partial charge in [0.05, 0.1) is 0 Å². The second-order valence-corrected chi connectivity index (χ2v) is 5.07. The SMILES string of the molecule is CCC1CCCN1c1cc(C)c(F)cc1C(C)=O. The molecule has 2 rings (SSSR count). The number of rotatable bonds is 3. The van der Waals surface area contributed by atoms with Crippen LogP contribution in [0.1, 0.15) is 49.0 Å². The highest BCUT2D eigenvalue weighted by Crippen LogP contribution is 2.32. The van der Waals surface area contributed by atoms with Gasteiger partial charge in [-0.1, -0.05) is 6.92 Å². The van der Waals surface area contributed by atoms with Crippen molar-refractivity contribution in [2.75, 3.05) is 11.4 Å². The van der Waals surface area contributed by atoms with E-state index in [1.165, 1.54) is 13.0 Å². The molecule has 0 saturated carbocycles. The van der Waals surface area contributed by atoms with Crippen molar-refractivity contribution >= 4 is 11.5 Å². The van der Waals surface area contributed by atoms with Gasteiger partial charge in [0.2, 0.25) is 0 Å². The van der Waals surface area contributed by atoms with Crippen LogP contribution in [0, 0.1) is 12.7 Å². The summed E-state index contributed by atoms with van der Waals surface area (Å²) in [6, 6.07) is 3.69. The van der Waals surface area contributed by atoms with E-state index in [-0.39, 0.29) is 11.6 Å². The van der Waals surface area contributed by atoms with Crippen LogP contribution in [0.2, 0.25) is 0 Å². The minimum atomic E-state index is -0.295. The topological polar surface area (TPSA) is 20.3 Å². The van der Waals surface area contributed by atoms with Gasteiger partial charge in [-0.25, -0.2) is 4.39 Å². The van der Waals surface area contributed by atoms with Crippen molar-refractivity contribution in [3.8, 4) is 0 Å². The summed E-state index contributed by atoms with van der Waals surface area (Å²) < 4.78 is 13.6. The molecule has 0 amide bonds. The van der Waals surface area contributed by atoms with Gasteiger partial charge in [-0.05, 0) is 50.8 Å². The zero-order chi connectivity index (χ0) is 13.3. The number of nitrogens with zero attached hydrogens (tertiary/aromatic N) is 1. The first-order chi connectivity index (χ1) is 8.54. The smallest absolute Gasteiger partial charge is 0.161 e. The number of aryl methyl sites for hydroxylation is 1. The molecule has 18 heavy (non-hydrogen) atoms. The summed E-state index contributed by atoms with van der Waals surface area (Å²) in [6.07, 6.45) is 3.37. The maximum atomic E-state index is 13.6. The molecular formula is C15H20FNO. The van der Waals surface area contributed by atoms with E-state index in [1.807, 2.05) is 6.07 Å². The van der Waals surface area contributed by atoms with E-state index in [4.69, 9.17) is 0 Å². The van der Waals surface area contributed by atoms with Gasteiger partial charge in [0.15, 0.2) is 5.78 Å². The molecule has 1 atom stereocenters. The third-order valence-corrected chi connectivity index (χ3v) is 3.81. The molecule has 0 N–H and O–H groups in total. The van der Waals surface area contributed by atoms with Crippen LogP contribution in [0.4, 0.5) is 10.1 Å². The van der Waals surface area contributed by atoms with Crippen molar-refractivity contribution in [3.05, 3.63) is 29.1 Å². The van der Waals surface area contributed by atoms with Gasteiger partial charge in [-0.3, -0.25) is 4.79 Å². The van der Waals surface area contributed by atoms with Gasteiger partial charge >= 0.3 is 0 Å². The number of hydrogen-bond acceptors (Lipinski definition) is 2. The summed E-state index contributed by atoms with van der Waals surface area (Å²) in [5.74, 6) is -0.359. The lowest BCUT2D eigenvalue weighted by molar-refractivity contribution is 0.101. The predicted octanol–water partition coefficient (Wildman–Crippen LogP) is 3.72. The third kappa shape index (κ3) is 2.26. The van der Waals surface area contributed by atoms with E-state index < -0.39 is 0 Å². The quantitative estimate of drug-likeness (QED) is 0.761. The van der Waals surface area contributed by atoms with Crippen LogP contribution in [0.15, 0.2) is 12.1 Å². The fourth-order valence-corrected chi connectivity index (χ4v) is 2.76. The summed E-state index contributed by atoms with van der Waals surface area (Å²) in [5.41, 5.74) is 2.03. The van der Waals surface area contributed by atoms with E-state index in [0.29, 0.717) is 17.2 Å². The summed E-state index contributed by atoms with van der Waals surface area (Å²) >= 11 is 0. The minimum absolute atomic E-state index is 0.0642. The summed E-state index contributed by atoms with van der Waals surface area (Å²) in [5, 5.41) is 0. The summed E-state index contributed by atoms with van der Waals surface area (Å²) in [4.78, 5) is 14.0. The molecule has 98 valence electrons. The second-order valence-electron chi connectivity index (χ2n) is 5.07. The maximum Gasteiger partial charge on any atom is 0.161 e. The number of Topliss-reactive ketones (excluding diaryl/α,β-unsaturated/α-hetero) is 1. The number of hydrogen-bond donors (Lipinski definition) is 0. The maximum absolute atomic E-state index is 13.6. The Labute approximate surface area is 108 Å². The lowest BCUT2D eigenvalue weighted by Crippen LogP contribution is -2.30. The van der Waals surface area contributed by atoms with Crippen LogP contribution in [-0.2, 0) is 0 Å². The van der Waals surface area contributed by atoms with Crippen LogP contribution in [-0.4, -0.2) is 18.4 Å². The molecule has 0 radical (unpaired) electrons. The van der Waals surface area contributed by atoms with E-state index in [0.717, 1.165) is 31.5 Å². The van der Waals surface area contributed by atoms with Crippen LogP contribution in [0.3, 0.4) is 0 Å². The molecule has 1 fully saturated rings. The summed E-state index contributed by atoms with van der Waals surface area (Å²) in [7, 11) is 0. The fraction of sp³-hybridized carbons (Fsp3) is 0.533. The first-order valence-electron chi connectivity index (χ1n) is 6.62. The van der Waals surface area contributed by atoms with Gasteiger partial charge in [0.1, 0.15) is 5.82 Å². The predicted molar refractivity (Wildman–Crippen MR) is 71.8 cm³/mol. The van der Waals surface area contributed by atoms with Gasteiger partial charge < -0.3 is 4.90 Å². The molecule has 1 aromatic rings. The number of halogens is 1. The molecule has 3 heteroatoms. The second kappa shape index (κ2) is 5.09. The molecule has 0 aromatic heterocycles. The first kappa shape index (κ1) is 13.1. The van der Waals surface area contributed by atoms with Crippen molar-refractivity contribution in [2.45, 2.75) is 46.1 Å². The Kier molecular flexibility index (Phi) is 3.69. The normalized spacial score (nSPS) is 19.3. The first-order valence-corrected chi connectivity index (χ1v) is 6.62. The zero-order valence-corrected chi connectivity index (χ0v) is 11.3. The molecule has 1 aromatic carbocycles. The molecule has 1 aliphatic rings. The van der Waals surface area contributed by atoms with Crippen LogP contribution in [0.25, 0.3) is 0 Å². The molecular weight excluding hydrogens is 229 g/mol. The van der Waals surface area contributed by atoms with E-state index >= 15 is 0 Å². The van der Waals surface area contributed by atoms with Crippen molar-refractivity contribution < 1.29 is 9.18 Å². The lowest BCUT2D eigenvalue weighted by atomic mass is 10.0. The fourth-order valence-electron chi connectivity index (χ4n) is 2.76. The number of benzene rings is 1. The van der Waals surface area contributed by atoms with Crippen LogP contribution >= 0.6 is 0 Å². The molecule has 1 aliphatic heterocycles. The Morgan fingerprint density at radius 3 is 2.83 bits per heavy atom. The Bertz CT molecular complexity index is 470. The Balaban J connectivity index is 2.48. The van der Waals surface area contributed by atoms with Crippen molar-refractivity contribution in [3.63, 3.8) is 0 Å². The number of carbonyl (C=O) groups is 1. The highest BCUT2D eigenvalue weighted by molar-refractivity contribution is 6.00. The highest BCUT2D eigenvalue weighted by atomic mass is 19.1. The van der Waals surface area contributed by atoms with Gasteiger partial charge in [0.25, 0.3) is 0 Å². The van der Waals surface area contributed by atoms with Crippen molar-refractivity contribution in [1.29, 1.82) is 0 Å². The highest BCUT2D eigenvalue weighted by Gasteiger charge is 2.26. The Hall–Kier alpha value is -1.38. The number of carbonyl (C=O) groups excluding carboxylic acids is 1. The Morgan fingerprint density at radius 2 is 2.22 bits per heavy atom. The molecule has 2 nitrogen and oxygen atoms in total. The molecule has 1 heterocycles. The molecule has 0 spiro atoms. The van der Waals surface area contributed by atoms with E-state index in [1.54, 1.807) is 6.92 Å². The van der Waals surface area contributed by atoms with Gasteiger partial charge in [0, 0.05) is 23.8 Å². The molecule has 1 unspecified atom stereocenters. The molecule has 1 saturated heterocycles. The average Bonchev–Trinajstić information content (AvgIpc) is 2.79. The van der Waals surface area contributed by atoms with Crippen molar-refractivity contribution in [2.24, 2.45) is 0 Å². The van der Waals surface area contributed by atoms with E-state index in [2.05, 4.69) is 11.8 Å². The number of anilines is 1. The van der Waals surface area contributed by atoms with Crippen LogP contribution in [0.5, 0.6) is 0 Å². The largest absolute Gasteiger partial charge is 0.368 e. The van der Waals surface area contributed by atoms with E-state index in [9.17, 15) is 9.18 Å². The Morgan fingerprint density at radius 1 is 1.50 bits per heavy atom. The lowest BCUT2D eigenvalue weighted by Gasteiger charge is -2.28.